The van der Waals surface area contributed by atoms with E-state index in [4.69, 9.17) is 0 Å². The molecular weight excluding hydrogens is 318 g/mol. The number of carbonyl (C=O) groups is 1. The normalized spacial score (nSPS) is 11.1. The lowest BCUT2D eigenvalue weighted by atomic mass is 10.3. The Morgan fingerprint density at radius 1 is 1.05 bits per heavy atom. The molecule has 2 aromatic rings. The van der Waals surface area contributed by atoms with Gasteiger partial charge in [-0.2, -0.15) is 0 Å². The van der Waals surface area contributed by atoms with Gasteiger partial charge in [-0.3, -0.25) is 4.79 Å². The summed E-state index contributed by atoms with van der Waals surface area (Å²) in [5, 5.41) is 2.70. The summed E-state index contributed by atoms with van der Waals surface area (Å²) in [7, 11) is -3.42. The maximum absolute atomic E-state index is 12.1. The Kier molecular flexibility index (Phi) is 5.63. The summed E-state index contributed by atoms with van der Waals surface area (Å²) in [6.45, 7) is 0. The molecule has 0 unspecified atom stereocenters. The van der Waals surface area contributed by atoms with E-state index < -0.39 is 9.84 Å². The van der Waals surface area contributed by atoms with Crippen molar-refractivity contribution in [3.8, 4) is 0 Å². The van der Waals surface area contributed by atoms with E-state index >= 15 is 0 Å². The van der Waals surface area contributed by atoms with Crippen LogP contribution in [0.2, 0.25) is 0 Å². The molecule has 4 nitrogen and oxygen atoms in total. The van der Waals surface area contributed by atoms with Crippen LogP contribution in [0.1, 0.15) is 6.42 Å². The third kappa shape index (κ3) is 4.61. The van der Waals surface area contributed by atoms with E-state index in [1.807, 2.05) is 18.4 Å². The third-order valence-electron chi connectivity index (χ3n) is 3.07. The Hall–Kier alpha value is -1.79. The van der Waals surface area contributed by atoms with E-state index in [1.54, 1.807) is 42.1 Å². The zero-order chi connectivity index (χ0) is 16.0. The van der Waals surface area contributed by atoms with Crippen LogP contribution in [0.15, 0.2) is 64.4 Å². The minimum absolute atomic E-state index is 0.0679. The Balaban J connectivity index is 1.92. The molecule has 1 N–H and O–H groups in total. The molecule has 0 bridgehead atoms. The molecule has 2 aromatic carbocycles. The van der Waals surface area contributed by atoms with Crippen LogP contribution in [-0.4, -0.2) is 26.3 Å². The highest BCUT2D eigenvalue weighted by Crippen LogP contribution is 2.18. The van der Waals surface area contributed by atoms with Crippen molar-refractivity contribution in [3.05, 3.63) is 54.6 Å². The van der Waals surface area contributed by atoms with Gasteiger partial charge in [0.05, 0.1) is 10.6 Å². The Labute approximate surface area is 134 Å². The maximum atomic E-state index is 12.1. The molecule has 0 aliphatic rings. The van der Waals surface area contributed by atoms with Gasteiger partial charge in [0.2, 0.25) is 5.91 Å². The number of rotatable bonds is 6. The van der Waals surface area contributed by atoms with Gasteiger partial charge in [0.25, 0.3) is 0 Å². The molecule has 0 saturated carbocycles. The molecule has 0 radical (unpaired) electrons. The molecule has 6 heteroatoms. The number of carbonyl (C=O) groups excluding carboxylic acids is 1. The molecule has 0 heterocycles. The first-order valence-electron chi connectivity index (χ1n) is 6.73. The summed E-state index contributed by atoms with van der Waals surface area (Å²) in [5.74, 6) is -0.512. The fourth-order valence-electron chi connectivity index (χ4n) is 1.87. The Morgan fingerprint density at radius 2 is 1.68 bits per heavy atom. The number of nitrogens with one attached hydrogen (secondary N) is 1. The molecule has 0 saturated heterocycles. The molecule has 0 aliphatic carbocycles. The van der Waals surface area contributed by atoms with Gasteiger partial charge >= 0.3 is 0 Å². The van der Waals surface area contributed by atoms with E-state index in [2.05, 4.69) is 5.32 Å². The van der Waals surface area contributed by atoms with Gasteiger partial charge in [0.15, 0.2) is 9.84 Å². The van der Waals surface area contributed by atoms with Crippen molar-refractivity contribution in [3.63, 3.8) is 0 Å². The zero-order valence-electron chi connectivity index (χ0n) is 12.2. The summed E-state index contributed by atoms with van der Waals surface area (Å²) >= 11 is 1.62. The maximum Gasteiger partial charge on any atom is 0.225 e. The molecule has 0 aliphatic heterocycles. The van der Waals surface area contributed by atoms with Crippen LogP contribution in [0.4, 0.5) is 5.69 Å². The number of anilines is 1. The quantitative estimate of drug-likeness (QED) is 0.823. The number of amides is 1. The van der Waals surface area contributed by atoms with Crippen LogP contribution in [0, 0.1) is 0 Å². The standard InChI is InChI=1S/C16H17NO3S2/c1-21-14-9-7-13(8-10-14)17-16(18)11-12-22(19,20)15-5-3-2-4-6-15/h2-10H,11-12H2,1H3,(H,17,18). The second-order valence-electron chi connectivity index (χ2n) is 4.66. The largest absolute Gasteiger partial charge is 0.326 e. The van der Waals surface area contributed by atoms with Crippen LogP contribution in [0.25, 0.3) is 0 Å². The smallest absolute Gasteiger partial charge is 0.225 e. The minimum Gasteiger partial charge on any atom is -0.326 e. The lowest BCUT2D eigenvalue weighted by Gasteiger charge is -2.07. The van der Waals surface area contributed by atoms with Crippen molar-refractivity contribution in [2.24, 2.45) is 0 Å². The van der Waals surface area contributed by atoms with E-state index in [1.165, 1.54) is 12.1 Å². The molecule has 0 atom stereocenters. The van der Waals surface area contributed by atoms with Crippen molar-refractivity contribution in [1.82, 2.24) is 0 Å². The first kappa shape index (κ1) is 16.6. The van der Waals surface area contributed by atoms with Crippen LogP contribution < -0.4 is 5.32 Å². The van der Waals surface area contributed by atoms with E-state index in [-0.39, 0.29) is 23.0 Å². The van der Waals surface area contributed by atoms with Gasteiger partial charge in [0.1, 0.15) is 0 Å². The van der Waals surface area contributed by atoms with Crippen molar-refractivity contribution in [2.45, 2.75) is 16.2 Å². The van der Waals surface area contributed by atoms with Crippen LogP contribution in [0.5, 0.6) is 0 Å². The number of hydrogen-bond acceptors (Lipinski definition) is 4. The fraction of sp³-hybridized carbons (Fsp3) is 0.188. The summed E-state index contributed by atoms with van der Waals surface area (Å²) < 4.78 is 24.2. The zero-order valence-corrected chi connectivity index (χ0v) is 13.8. The SMILES string of the molecule is CSc1ccc(NC(=O)CCS(=O)(=O)c2ccccc2)cc1. The van der Waals surface area contributed by atoms with Crippen molar-refractivity contribution >= 4 is 33.2 Å². The first-order chi connectivity index (χ1) is 10.5. The van der Waals surface area contributed by atoms with Gasteiger partial charge in [-0.1, -0.05) is 18.2 Å². The summed E-state index contributed by atoms with van der Waals surface area (Å²) in [6, 6.07) is 15.6. The van der Waals surface area contributed by atoms with Gasteiger partial charge in [-0.25, -0.2) is 8.42 Å². The summed E-state index contributed by atoms with van der Waals surface area (Å²) in [4.78, 5) is 13.2. The highest BCUT2D eigenvalue weighted by molar-refractivity contribution is 7.98. The highest BCUT2D eigenvalue weighted by Gasteiger charge is 2.16. The highest BCUT2D eigenvalue weighted by atomic mass is 32.2. The van der Waals surface area contributed by atoms with Gasteiger partial charge in [0, 0.05) is 17.0 Å². The number of thioether (sulfide) groups is 1. The molecule has 116 valence electrons. The predicted molar refractivity (Wildman–Crippen MR) is 90.0 cm³/mol. The second-order valence-corrected chi connectivity index (χ2v) is 7.65. The summed E-state index contributed by atoms with van der Waals surface area (Å²) in [6.07, 6.45) is 1.91. The molecular formula is C16H17NO3S2. The average molecular weight is 335 g/mol. The third-order valence-corrected chi connectivity index (χ3v) is 5.55. The lowest BCUT2D eigenvalue weighted by molar-refractivity contribution is -0.115. The second kappa shape index (κ2) is 7.47. The number of sulfone groups is 1. The topological polar surface area (TPSA) is 63.2 Å². The minimum atomic E-state index is -3.42. The molecule has 22 heavy (non-hydrogen) atoms. The molecule has 2 rings (SSSR count). The van der Waals surface area contributed by atoms with Crippen molar-refractivity contribution in [1.29, 1.82) is 0 Å². The van der Waals surface area contributed by atoms with Crippen molar-refractivity contribution < 1.29 is 13.2 Å². The van der Waals surface area contributed by atoms with E-state index in [9.17, 15) is 13.2 Å². The van der Waals surface area contributed by atoms with Crippen LogP contribution in [-0.2, 0) is 14.6 Å². The Morgan fingerprint density at radius 3 is 2.27 bits per heavy atom. The molecule has 0 aromatic heterocycles. The van der Waals surface area contributed by atoms with Gasteiger partial charge in [-0.05, 0) is 42.7 Å². The summed E-state index contributed by atoms with van der Waals surface area (Å²) in [5.41, 5.74) is 0.667. The molecule has 0 fully saturated rings. The van der Waals surface area contributed by atoms with E-state index in [0.717, 1.165) is 4.90 Å². The average Bonchev–Trinajstić information content (AvgIpc) is 2.55. The van der Waals surface area contributed by atoms with Crippen LogP contribution >= 0.6 is 11.8 Å². The lowest BCUT2D eigenvalue weighted by Crippen LogP contribution is -2.17. The number of hydrogen-bond donors (Lipinski definition) is 1. The number of benzene rings is 2. The van der Waals surface area contributed by atoms with Gasteiger partial charge in [-0.15, -0.1) is 11.8 Å². The van der Waals surface area contributed by atoms with Crippen LogP contribution in [0.3, 0.4) is 0 Å². The molecule has 1 amide bonds. The van der Waals surface area contributed by atoms with Crippen molar-refractivity contribution in [2.75, 3.05) is 17.3 Å². The Bertz CT molecular complexity index is 726. The predicted octanol–water partition coefficient (Wildman–Crippen LogP) is 3.21. The first-order valence-corrected chi connectivity index (χ1v) is 9.61. The van der Waals surface area contributed by atoms with E-state index in [0.29, 0.717) is 5.69 Å². The van der Waals surface area contributed by atoms with Gasteiger partial charge < -0.3 is 5.32 Å². The fourth-order valence-corrected chi connectivity index (χ4v) is 3.54. The monoisotopic (exact) mass is 335 g/mol. The molecule has 0 spiro atoms.